The Morgan fingerprint density at radius 2 is 2.33 bits per heavy atom. The molecular formula is C8H8BrNOS. The van der Waals surface area contributed by atoms with E-state index in [9.17, 15) is 5.11 Å². The van der Waals surface area contributed by atoms with Crippen molar-refractivity contribution in [3.63, 3.8) is 0 Å². The number of aromatic hydroxyl groups is 1. The molecule has 0 saturated carbocycles. The van der Waals surface area contributed by atoms with Crippen LogP contribution in [0.3, 0.4) is 0 Å². The van der Waals surface area contributed by atoms with Crippen LogP contribution in [0.4, 0.5) is 0 Å². The summed E-state index contributed by atoms with van der Waals surface area (Å²) in [5.41, 5.74) is 6.97. The Balaban J connectivity index is 2.48. The first kappa shape index (κ1) is 8.41. The molecule has 0 spiro atoms. The molecule has 1 aromatic carbocycles. The van der Waals surface area contributed by atoms with Gasteiger partial charge in [0.05, 0.1) is 9.85 Å². The molecule has 1 aliphatic rings. The van der Waals surface area contributed by atoms with E-state index in [2.05, 4.69) is 15.9 Å². The van der Waals surface area contributed by atoms with E-state index in [1.165, 1.54) is 5.56 Å². The summed E-state index contributed by atoms with van der Waals surface area (Å²) in [7, 11) is 0. The van der Waals surface area contributed by atoms with E-state index < -0.39 is 0 Å². The second-order valence-electron chi connectivity index (χ2n) is 2.77. The molecule has 0 fully saturated rings. The van der Waals surface area contributed by atoms with Gasteiger partial charge in [-0.05, 0) is 40.0 Å². The standard InChI is InChI=1S/C8H8BrNOS/c9-5-1-4-2-8(10)12-7(4)3-6(5)11/h1,3,8,11H,2,10H2. The molecule has 4 heteroatoms. The van der Waals surface area contributed by atoms with Crippen molar-refractivity contribution in [2.75, 3.05) is 0 Å². The monoisotopic (exact) mass is 245 g/mol. The van der Waals surface area contributed by atoms with Crippen LogP contribution in [0.5, 0.6) is 5.75 Å². The summed E-state index contributed by atoms with van der Waals surface area (Å²) in [6.07, 6.45) is 0.888. The number of benzene rings is 1. The molecule has 1 unspecified atom stereocenters. The number of hydrogen-bond donors (Lipinski definition) is 2. The van der Waals surface area contributed by atoms with Gasteiger partial charge in [-0.25, -0.2) is 0 Å². The van der Waals surface area contributed by atoms with Crippen molar-refractivity contribution < 1.29 is 5.11 Å². The molecule has 0 bridgehead atoms. The van der Waals surface area contributed by atoms with Gasteiger partial charge in [0.15, 0.2) is 0 Å². The molecule has 1 aromatic rings. The maximum absolute atomic E-state index is 9.37. The van der Waals surface area contributed by atoms with Gasteiger partial charge in [-0.3, -0.25) is 0 Å². The third-order valence-corrected chi connectivity index (χ3v) is 3.57. The van der Waals surface area contributed by atoms with Crippen molar-refractivity contribution in [1.29, 1.82) is 0 Å². The molecule has 64 valence electrons. The van der Waals surface area contributed by atoms with E-state index in [0.29, 0.717) is 0 Å². The molecule has 2 rings (SSSR count). The molecule has 0 aromatic heterocycles. The Kier molecular flexibility index (Phi) is 2.06. The number of hydrogen-bond acceptors (Lipinski definition) is 3. The van der Waals surface area contributed by atoms with Crippen molar-refractivity contribution in [2.24, 2.45) is 5.73 Å². The van der Waals surface area contributed by atoms with E-state index in [1.54, 1.807) is 17.8 Å². The molecule has 0 aliphatic carbocycles. The minimum atomic E-state index is 0.147. The smallest absolute Gasteiger partial charge is 0.130 e. The van der Waals surface area contributed by atoms with Gasteiger partial charge in [0.1, 0.15) is 5.75 Å². The fourth-order valence-electron chi connectivity index (χ4n) is 1.27. The van der Waals surface area contributed by atoms with E-state index in [-0.39, 0.29) is 11.1 Å². The number of rotatable bonds is 0. The lowest BCUT2D eigenvalue weighted by Gasteiger charge is -2.00. The molecule has 0 radical (unpaired) electrons. The normalized spacial score (nSPS) is 21.0. The van der Waals surface area contributed by atoms with Gasteiger partial charge in [-0.1, -0.05) is 0 Å². The quantitative estimate of drug-likeness (QED) is 0.736. The summed E-state index contributed by atoms with van der Waals surface area (Å²) in [6.45, 7) is 0. The number of thioether (sulfide) groups is 1. The highest BCUT2D eigenvalue weighted by Gasteiger charge is 2.20. The highest BCUT2D eigenvalue weighted by molar-refractivity contribution is 9.10. The van der Waals surface area contributed by atoms with E-state index in [1.807, 2.05) is 6.07 Å². The summed E-state index contributed by atoms with van der Waals surface area (Å²) in [5.74, 6) is 0.287. The Hall–Kier alpha value is -0.190. The largest absolute Gasteiger partial charge is 0.507 e. The van der Waals surface area contributed by atoms with Crippen molar-refractivity contribution in [2.45, 2.75) is 16.7 Å². The average molecular weight is 246 g/mol. The topological polar surface area (TPSA) is 46.2 Å². The third kappa shape index (κ3) is 1.34. The van der Waals surface area contributed by atoms with Crippen LogP contribution in [-0.2, 0) is 6.42 Å². The number of phenols is 1. The van der Waals surface area contributed by atoms with Crippen molar-refractivity contribution in [3.8, 4) is 5.75 Å². The summed E-state index contributed by atoms with van der Waals surface area (Å²) in [6, 6.07) is 3.70. The van der Waals surface area contributed by atoms with Crippen LogP contribution in [-0.4, -0.2) is 10.5 Å². The zero-order valence-electron chi connectivity index (χ0n) is 6.25. The maximum Gasteiger partial charge on any atom is 0.130 e. The molecule has 0 saturated heterocycles. The lowest BCUT2D eigenvalue weighted by atomic mass is 10.1. The first-order chi connectivity index (χ1) is 5.66. The Labute approximate surface area is 83.3 Å². The Bertz CT molecular complexity index is 298. The number of fused-ring (bicyclic) bond motifs is 1. The predicted octanol–water partition coefficient (Wildman–Crippen LogP) is 2.09. The molecule has 1 aliphatic heterocycles. The predicted molar refractivity (Wildman–Crippen MR) is 53.3 cm³/mol. The van der Waals surface area contributed by atoms with Crippen LogP contribution in [0.15, 0.2) is 21.5 Å². The highest BCUT2D eigenvalue weighted by Crippen LogP contribution is 2.39. The van der Waals surface area contributed by atoms with Gasteiger partial charge in [-0.15, -0.1) is 11.8 Å². The molecule has 1 atom stereocenters. The van der Waals surface area contributed by atoms with E-state index in [0.717, 1.165) is 15.8 Å². The van der Waals surface area contributed by atoms with Gasteiger partial charge in [0, 0.05) is 4.90 Å². The molecule has 12 heavy (non-hydrogen) atoms. The average Bonchev–Trinajstić information content (AvgIpc) is 2.30. The van der Waals surface area contributed by atoms with Crippen LogP contribution in [0.25, 0.3) is 0 Å². The second-order valence-corrected chi connectivity index (χ2v) is 4.91. The van der Waals surface area contributed by atoms with Crippen LogP contribution in [0.2, 0.25) is 0 Å². The van der Waals surface area contributed by atoms with E-state index >= 15 is 0 Å². The van der Waals surface area contributed by atoms with Gasteiger partial charge < -0.3 is 10.8 Å². The summed E-state index contributed by atoms with van der Waals surface area (Å²) >= 11 is 4.88. The third-order valence-electron chi connectivity index (χ3n) is 1.83. The molecule has 1 heterocycles. The lowest BCUT2D eigenvalue weighted by Crippen LogP contribution is -2.12. The molecule has 0 amide bonds. The summed E-state index contributed by atoms with van der Waals surface area (Å²) in [5, 5.41) is 9.52. The summed E-state index contributed by atoms with van der Waals surface area (Å²) < 4.78 is 0.746. The Morgan fingerprint density at radius 3 is 3.08 bits per heavy atom. The highest BCUT2D eigenvalue weighted by atomic mass is 79.9. The fourth-order valence-corrected chi connectivity index (χ4v) is 2.73. The van der Waals surface area contributed by atoms with Crippen LogP contribution in [0, 0.1) is 0 Å². The molecular weight excluding hydrogens is 238 g/mol. The maximum atomic E-state index is 9.37. The van der Waals surface area contributed by atoms with Gasteiger partial charge in [0.2, 0.25) is 0 Å². The summed E-state index contributed by atoms with van der Waals surface area (Å²) in [4.78, 5) is 1.10. The minimum absolute atomic E-state index is 0.147. The SMILES string of the molecule is NC1Cc2cc(Br)c(O)cc2S1. The molecule has 2 nitrogen and oxygen atoms in total. The van der Waals surface area contributed by atoms with Gasteiger partial charge >= 0.3 is 0 Å². The van der Waals surface area contributed by atoms with Crippen LogP contribution < -0.4 is 5.73 Å². The number of phenolic OH excluding ortho intramolecular Hbond substituents is 1. The van der Waals surface area contributed by atoms with Gasteiger partial charge in [-0.2, -0.15) is 0 Å². The second kappa shape index (κ2) is 2.94. The van der Waals surface area contributed by atoms with E-state index in [4.69, 9.17) is 5.73 Å². The fraction of sp³-hybridized carbons (Fsp3) is 0.250. The van der Waals surface area contributed by atoms with Crippen molar-refractivity contribution >= 4 is 27.7 Å². The lowest BCUT2D eigenvalue weighted by molar-refractivity contribution is 0.470. The van der Waals surface area contributed by atoms with Crippen LogP contribution in [0.1, 0.15) is 5.56 Å². The van der Waals surface area contributed by atoms with Crippen LogP contribution >= 0.6 is 27.7 Å². The Morgan fingerprint density at radius 1 is 1.58 bits per heavy atom. The first-order valence-corrected chi connectivity index (χ1v) is 5.27. The first-order valence-electron chi connectivity index (χ1n) is 3.60. The zero-order valence-corrected chi connectivity index (χ0v) is 8.65. The number of halogens is 1. The van der Waals surface area contributed by atoms with Gasteiger partial charge in [0.25, 0.3) is 0 Å². The zero-order chi connectivity index (χ0) is 8.72. The molecule has 3 N–H and O–H groups in total. The number of nitrogens with two attached hydrogens (primary N) is 1. The van der Waals surface area contributed by atoms with Crippen molar-refractivity contribution in [1.82, 2.24) is 0 Å². The minimum Gasteiger partial charge on any atom is -0.507 e. The van der Waals surface area contributed by atoms with Crippen molar-refractivity contribution in [3.05, 3.63) is 22.2 Å².